The average Bonchev–Trinajstić information content (AvgIpc) is 2.76. The number of azo groups is 1. The maximum Gasteiger partial charge on any atom is 0.226 e. The van der Waals surface area contributed by atoms with Crippen LogP contribution in [-0.2, 0) is 9.59 Å². The number of rotatable bonds is 8. The molecule has 9 nitrogen and oxygen atoms in total. The van der Waals surface area contributed by atoms with E-state index < -0.39 is 5.54 Å². The first-order valence-electron chi connectivity index (χ1n) is 10.3. The largest absolute Gasteiger partial charge is 0.340 e. The summed E-state index contributed by atoms with van der Waals surface area (Å²) in [6.45, 7) is 13.5. The SMILES string of the molecule is C=C(CC(=O)N1CCNCC1)C(C)(C#N)N=NC(C)CCC(=O)N1CCNCC1. The standard InChI is InChI=1S/C20H33N7O2/c1-16(14-19(29)27-12-8-23-9-13-27)20(3,15-21)25-24-17(2)4-5-18(28)26-10-6-22-7-11-26/h17,22-23H,1,4-14H2,2-3H3. The molecule has 0 spiro atoms. The van der Waals surface area contributed by atoms with Gasteiger partial charge in [0.1, 0.15) is 0 Å². The highest BCUT2D eigenvalue weighted by Crippen LogP contribution is 2.24. The van der Waals surface area contributed by atoms with Gasteiger partial charge in [0.15, 0.2) is 5.54 Å². The van der Waals surface area contributed by atoms with E-state index in [9.17, 15) is 14.9 Å². The molecular weight excluding hydrogens is 370 g/mol. The van der Waals surface area contributed by atoms with Gasteiger partial charge in [0, 0.05) is 58.8 Å². The minimum atomic E-state index is -1.25. The Morgan fingerprint density at radius 2 is 1.62 bits per heavy atom. The van der Waals surface area contributed by atoms with Crippen LogP contribution in [0.1, 0.15) is 33.1 Å². The molecule has 0 bridgehead atoms. The van der Waals surface area contributed by atoms with Gasteiger partial charge in [-0.1, -0.05) is 6.58 Å². The Labute approximate surface area is 173 Å². The smallest absolute Gasteiger partial charge is 0.226 e. The van der Waals surface area contributed by atoms with E-state index in [4.69, 9.17) is 0 Å². The maximum absolute atomic E-state index is 12.4. The highest BCUT2D eigenvalue weighted by Gasteiger charge is 2.30. The van der Waals surface area contributed by atoms with Crippen molar-refractivity contribution < 1.29 is 9.59 Å². The van der Waals surface area contributed by atoms with E-state index in [1.165, 1.54) is 0 Å². The van der Waals surface area contributed by atoms with Crippen molar-refractivity contribution in [3.8, 4) is 6.07 Å². The molecule has 160 valence electrons. The van der Waals surface area contributed by atoms with E-state index in [0.717, 1.165) is 39.3 Å². The number of hydrogen-bond donors (Lipinski definition) is 2. The summed E-state index contributed by atoms with van der Waals surface area (Å²) in [5.74, 6) is 0.0884. The fourth-order valence-electron chi connectivity index (χ4n) is 3.23. The topological polar surface area (TPSA) is 113 Å². The summed E-state index contributed by atoms with van der Waals surface area (Å²) in [7, 11) is 0. The van der Waals surface area contributed by atoms with Gasteiger partial charge in [0.05, 0.1) is 18.5 Å². The van der Waals surface area contributed by atoms with E-state index in [1.807, 2.05) is 11.8 Å². The molecular formula is C20H33N7O2. The van der Waals surface area contributed by atoms with E-state index in [0.29, 0.717) is 31.5 Å². The quantitative estimate of drug-likeness (QED) is 0.457. The minimum Gasteiger partial charge on any atom is -0.340 e. The Balaban J connectivity index is 1.84. The van der Waals surface area contributed by atoms with Gasteiger partial charge < -0.3 is 20.4 Å². The molecule has 0 aromatic carbocycles. The first kappa shape index (κ1) is 23.0. The number of nitrogens with one attached hydrogen (secondary N) is 2. The van der Waals surface area contributed by atoms with Gasteiger partial charge in [-0.3, -0.25) is 9.59 Å². The molecule has 2 amide bonds. The van der Waals surface area contributed by atoms with Crippen LogP contribution in [0.3, 0.4) is 0 Å². The van der Waals surface area contributed by atoms with E-state index in [1.54, 1.807) is 11.8 Å². The number of amides is 2. The third-order valence-electron chi connectivity index (χ3n) is 5.44. The Hall–Kier alpha value is -2.31. The Morgan fingerprint density at radius 3 is 2.14 bits per heavy atom. The van der Waals surface area contributed by atoms with Crippen LogP contribution in [0.15, 0.2) is 22.4 Å². The lowest BCUT2D eigenvalue weighted by Crippen LogP contribution is -2.46. The lowest BCUT2D eigenvalue weighted by molar-refractivity contribution is -0.132. The third kappa shape index (κ3) is 6.91. The van der Waals surface area contributed by atoms with Gasteiger partial charge in [-0.2, -0.15) is 15.5 Å². The minimum absolute atomic E-state index is 0.0390. The second-order valence-corrected chi connectivity index (χ2v) is 7.83. The molecule has 2 heterocycles. The normalized spacial score (nSPS) is 20.7. The first-order valence-corrected chi connectivity index (χ1v) is 10.3. The van der Waals surface area contributed by atoms with Crippen molar-refractivity contribution in [3.05, 3.63) is 12.2 Å². The number of carbonyl (C=O) groups excluding carboxylic acids is 2. The molecule has 2 rings (SSSR count). The molecule has 2 saturated heterocycles. The molecule has 2 unspecified atom stereocenters. The molecule has 0 radical (unpaired) electrons. The molecule has 0 saturated carbocycles. The van der Waals surface area contributed by atoms with Crippen LogP contribution in [0.4, 0.5) is 0 Å². The van der Waals surface area contributed by atoms with Crippen LogP contribution >= 0.6 is 0 Å². The molecule has 2 fully saturated rings. The Kier molecular flexibility index (Phi) is 8.73. The summed E-state index contributed by atoms with van der Waals surface area (Å²) in [4.78, 5) is 28.3. The molecule has 29 heavy (non-hydrogen) atoms. The van der Waals surface area contributed by atoms with E-state index in [2.05, 4.69) is 33.5 Å². The molecule has 0 aromatic heterocycles. The summed E-state index contributed by atoms with van der Waals surface area (Å²) in [6, 6.07) is 1.94. The second-order valence-electron chi connectivity index (χ2n) is 7.83. The van der Waals surface area contributed by atoms with Crippen molar-refractivity contribution in [2.45, 2.75) is 44.7 Å². The van der Waals surface area contributed by atoms with Crippen molar-refractivity contribution in [1.82, 2.24) is 20.4 Å². The zero-order chi connectivity index (χ0) is 21.3. The molecule has 2 atom stereocenters. The summed E-state index contributed by atoms with van der Waals surface area (Å²) >= 11 is 0. The molecule has 2 N–H and O–H groups in total. The second kappa shape index (κ2) is 11.0. The number of nitriles is 1. The summed E-state index contributed by atoms with van der Waals surface area (Å²) in [5.41, 5.74) is -0.808. The number of nitrogens with zero attached hydrogens (tertiary/aromatic N) is 5. The number of piperazine rings is 2. The van der Waals surface area contributed by atoms with Crippen molar-refractivity contribution in [1.29, 1.82) is 5.26 Å². The Bertz CT molecular complexity index is 660. The van der Waals surface area contributed by atoms with Crippen molar-refractivity contribution in [2.75, 3.05) is 52.4 Å². The first-order chi connectivity index (χ1) is 13.9. The zero-order valence-corrected chi connectivity index (χ0v) is 17.6. The van der Waals surface area contributed by atoms with Crippen LogP contribution in [0.25, 0.3) is 0 Å². The lowest BCUT2D eigenvalue weighted by Gasteiger charge is -2.29. The zero-order valence-electron chi connectivity index (χ0n) is 17.6. The number of carbonyl (C=O) groups is 2. The maximum atomic E-state index is 12.4. The average molecular weight is 404 g/mol. The van der Waals surface area contributed by atoms with Gasteiger partial charge in [-0.05, 0) is 25.8 Å². The van der Waals surface area contributed by atoms with Crippen molar-refractivity contribution >= 4 is 11.8 Å². The monoisotopic (exact) mass is 403 g/mol. The van der Waals surface area contributed by atoms with Gasteiger partial charge in [-0.25, -0.2) is 0 Å². The fourth-order valence-corrected chi connectivity index (χ4v) is 3.23. The predicted molar refractivity (Wildman–Crippen MR) is 110 cm³/mol. The van der Waals surface area contributed by atoms with E-state index >= 15 is 0 Å². The van der Waals surface area contributed by atoms with Crippen LogP contribution in [0, 0.1) is 11.3 Å². The van der Waals surface area contributed by atoms with E-state index in [-0.39, 0.29) is 24.3 Å². The van der Waals surface area contributed by atoms with Gasteiger partial charge in [0.2, 0.25) is 11.8 Å². The summed E-state index contributed by atoms with van der Waals surface area (Å²) in [5, 5.41) is 24.5. The molecule has 0 aliphatic carbocycles. The summed E-state index contributed by atoms with van der Waals surface area (Å²) < 4.78 is 0. The highest BCUT2D eigenvalue weighted by atomic mass is 16.2. The van der Waals surface area contributed by atoms with Gasteiger partial charge in [-0.15, -0.1) is 0 Å². The van der Waals surface area contributed by atoms with Crippen LogP contribution in [0.2, 0.25) is 0 Å². The molecule has 2 aliphatic rings. The van der Waals surface area contributed by atoms with Crippen LogP contribution in [-0.4, -0.2) is 85.6 Å². The van der Waals surface area contributed by atoms with Crippen molar-refractivity contribution in [3.63, 3.8) is 0 Å². The van der Waals surface area contributed by atoms with Crippen LogP contribution in [0.5, 0.6) is 0 Å². The molecule has 2 aliphatic heterocycles. The van der Waals surface area contributed by atoms with Gasteiger partial charge in [0.25, 0.3) is 0 Å². The fraction of sp³-hybridized carbons (Fsp3) is 0.750. The third-order valence-corrected chi connectivity index (χ3v) is 5.44. The summed E-state index contributed by atoms with van der Waals surface area (Å²) in [6.07, 6.45) is 1.06. The predicted octanol–water partition coefficient (Wildman–Crippen LogP) is 0.699. The highest BCUT2D eigenvalue weighted by molar-refractivity contribution is 5.79. The van der Waals surface area contributed by atoms with Crippen LogP contribution < -0.4 is 10.6 Å². The lowest BCUT2D eigenvalue weighted by atomic mass is 9.92. The van der Waals surface area contributed by atoms with Gasteiger partial charge >= 0.3 is 0 Å². The molecule has 9 heteroatoms. The van der Waals surface area contributed by atoms with Crippen molar-refractivity contribution in [2.24, 2.45) is 10.2 Å². The number of hydrogen-bond acceptors (Lipinski definition) is 7. The Morgan fingerprint density at radius 1 is 1.10 bits per heavy atom. The molecule has 0 aromatic rings.